The lowest BCUT2D eigenvalue weighted by Crippen LogP contribution is -2.41. The molecule has 2 aromatic rings. The van der Waals surface area contributed by atoms with Crippen LogP contribution in [0.15, 0.2) is 36.9 Å². The molecule has 3 heterocycles. The van der Waals surface area contributed by atoms with E-state index in [2.05, 4.69) is 15.3 Å². The first-order valence-electron chi connectivity index (χ1n) is 7.89. The van der Waals surface area contributed by atoms with E-state index in [4.69, 9.17) is 27.9 Å². The van der Waals surface area contributed by atoms with Crippen LogP contribution in [0, 0.1) is 5.92 Å². The Balaban J connectivity index is 1.61. The summed E-state index contributed by atoms with van der Waals surface area (Å²) in [5.41, 5.74) is 1.34. The third kappa shape index (κ3) is 3.00. The number of aromatic nitrogens is 2. The first-order chi connectivity index (χ1) is 12.0. The zero-order valence-corrected chi connectivity index (χ0v) is 14.5. The summed E-state index contributed by atoms with van der Waals surface area (Å²) in [7, 11) is 0. The van der Waals surface area contributed by atoms with Gasteiger partial charge in [-0.2, -0.15) is 0 Å². The molecule has 0 unspecified atom stereocenters. The van der Waals surface area contributed by atoms with Gasteiger partial charge in [-0.25, -0.2) is 9.97 Å². The van der Waals surface area contributed by atoms with E-state index in [0.717, 1.165) is 5.56 Å². The number of aliphatic hydroxyl groups excluding tert-OH is 1. The Morgan fingerprint density at radius 1 is 1.24 bits per heavy atom. The number of carbonyl (C=O) groups is 1. The summed E-state index contributed by atoms with van der Waals surface area (Å²) >= 11 is 11.9. The van der Waals surface area contributed by atoms with Crippen LogP contribution in [0.25, 0.3) is 0 Å². The molecule has 25 heavy (non-hydrogen) atoms. The Morgan fingerprint density at radius 3 is 2.72 bits per heavy atom. The molecular formula is C17H15Cl2N3O3. The lowest BCUT2D eigenvalue weighted by molar-refractivity contribution is -0.121. The van der Waals surface area contributed by atoms with E-state index in [1.54, 1.807) is 30.6 Å². The Labute approximate surface area is 154 Å². The van der Waals surface area contributed by atoms with Gasteiger partial charge in [0.2, 0.25) is 5.91 Å². The molecule has 1 aromatic heterocycles. The number of amides is 1. The zero-order chi connectivity index (χ0) is 17.6. The molecule has 0 aliphatic carbocycles. The van der Waals surface area contributed by atoms with Crippen molar-refractivity contribution in [3.05, 3.63) is 52.5 Å². The molecule has 1 aromatic carbocycles. The fourth-order valence-electron chi connectivity index (χ4n) is 3.72. The number of aliphatic hydroxyl groups is 1. The van der Waals surface area contributed by atoms with E-state index < -0.39 is 18.1 Å². The number of carbonyl (C=O) groups excluding carboxylic acids is 1. The van der Waals surface area contributed by atoms with Crippen molar-refractivity contribution in [3.63, 3.8) is 0 Å². The lowest BCUT2D eigenvalue weighted by Gasteiger charge is -2.29. The molecule has 2 bridgehead atoms. The lowest BCUT2D eigenvalue weighted by atomic mass is 9.74. The van der Waals surface area contributed by atoms with Crippen molar-refractivity contribution < 1.29 is 14.6 Å². The number of hydrogen-bond acceptors (Lipinski definition) is 5. The van der Waals surface area contributed by atoms with Crippen LogP contribution >= 0.6 is 23.2 Å². The van der Waals surface area contributed by atoms with Crippen molar-refractivity contribution >= 4 is 34.8 Å². The zero-order valence-electron chi connectivity index (χ0n) is 13.0. The molecule has 5 atom stereocenters. The van der Waals surface area contributed by atoms with Crippen LogP contribution in [0.2, 0.25) is 10.0 Å². The van der Waals surface area contributed by atoms with E-state index in [-0.39, 0.29) is 17.9 Å². The van der Waals surface area contributed by atoms with Crippen LogP contribution in [0.4, 0.5) is 5.69 Å². The molecule has 4 rings (SSSR count). The summed E-state index contributed by atoms with van der Waals surface area (Å²) in [5, 5.41) is 13.8. The summed E-state index contributed by atoms with van der Waals surface area (Å²) in [6, 6.07) is 4.92. The van der Waals surface area contributed by atoms with E-state index >= 15 is 0 Å². The maximum Gasteiger partial charge on any atom is 0.230 e. The normalized spacial score (nSPS) is 30.4. The third-order valence-corrected chi connectivity index (χ3v) is 5.52. The van der Waals surface area contributed by atoms with Crippen molar-refractivity contribution in [2.75, 3.05) is 5.32 Å². The fraction of sp³-hybridized carbons (Fsp3) is 0.353. The number of nitrogens with zero attached hydrogens (tertiary/aromatic N) is 2. The van der Waals surface area contributed by atoms with Gasteiger partial charge in [0, 0.05) is 30.4 Å². The molecule has 1 amide bonds. The molecule has 0 saturated carbocycles. The van der Waals surface area contributed by atoms with E-state index in [1.807, 2.05) is 0 Å². The highest BCUT2D eigenvalue weighted by molar-refractivity contribution is 6.42. The average Bonchev–Trinajstić information content (AvgIpc) is 3.16. The van der Waals surface area contributed by atoms with Gasteiger partial charge in [-0.15, -0.1) is 0 Å². The largest absolute Gasteiger partial charge is 0.390 e. The van der Waals surface area contributed by atoms with Crippen molar-refractivity contribution in [3.8, 4) is 0 Å². The minimum Gasteiger partial charge on any atom is -0.390 e. The minimum atomic E-state index is -0.593. The quantitative estimate of drug-likeness (QED) is 0.856. The predicted octanol–water partition coefficient (Wildman–Crippen LogP) is 2.65. The molecule has 6 nitrogen and oxygen atoms in total. The van der Waals surface area contributed by atoms with Crippen LogP contribution in [-0.2, 0) is 9.53 Å². The second-order valence-electron chi connectivity index (χ2n) is 6.28. The Morgan fingerprint density at radius 2 is 2.00 bits per heavy atom. The molecule has 2 aliphatic rings. The number of fused-ring (bicyclic) bond motifs is 2. The van der Waals surface area contributed by atoms with E-state index in [1.165, 1.54) is 6.33 Å². The van der Waals surface area contributed by atoms with Crippen molar-refractivity contribution in [1.82, 2.24) is 9.97 Å². The smallest absolute Gasteiger partial charge is 0.230 e. The molecule has 130 valence electrons. The van der Waals surface area contributed by atoms with E-state index in [9.17, 15) is 9.90 Å². The monoisotopic (exact) mass is 379 g/mol. The third-order valence-electron chi connectivity index (χ3n) is 4.78. The fourth-order valence-corrected chi connectivity index (χ4v) is 4.02. The maximum atomic E-state index is 12.9. The summed E-state index contributed by atoms with van der Waals surface area (Å²) in [6.07, 6.45) is 3.83. The second-order valence-corrected chi connectivity index (χ2v) is 7.10. The highest BCUT2D eigenvalue weighted by atomic mass is 35.5. The Kier molecular flexibility index (Phi) is 4.37. The molecular weight excluding hydrogens is 365 g/mol. The topological polar surface area (TPSA) is 84.3 Å². The number of benzene rings is 1. The van der Waals surface area contributed by atoms with Gasteiger partial charge in [-0.3, -0.25) is 4.79 Å². The van der Waals surface area contributed by atoms with Crippen LogP contribution in [0.3, 0.4) is 0 Å². The van der Waals surface area contributed by atoms with Crippen LogP contribution in [0.5, 0.6) is 0 Å². The van der Waals surface area contributed by atoms with Crippen molar-refractivity contribution in [2.24, 2.45) is 5.92 Å². The summed E-state index contributed by atoms with van der Waals surface area (Å²) in [4.78, 5) is 21.0. The Hall–Kier alpha value is -1.73. The standard InChI is InChI=1S/C17H15Cl2N3O3/c18-10-2-1-9(3-11(10)19)22-17(24)15-13-4-12(23)16(25-13)14(15)8-5-20-7-21-6-8/h1-3,5-7,12-16,23H,4H2,(H,22,24)/t12-,13+,14+,15+,16-/m0/s1. The van der Waals surface area contributed by atoms with Gasteiger partial charge in [0.15, 0.2) is 0 Å². The summed E-state index contributed by atoms with van der Waals surface area (Å²) < 4.78 is 5.85. The first-order valence-corrected chi connectivity index (χ1v) is 8.64. The highest BCUT2D eigenvalue weighted by Gasteiger charge is 2.57. The van der Waals surface area contributed by atoms with Gasteiger partial charge in [-0.05, 0) is 23.8 Å². The predicted molar refractivity (Wildman–Crippen MR) is 92.6 cm³/mol. The van der Waals surface area contributed by atoms with E-state index in [0.29, 0.717) is 22.2 Å². The number of anilines is 1. The van der Waals surface area contributed by atoms with Gasteiger partial charge in [0.25, 0.3) is 0 Å². The molecule has 0 spiro atoms. The molecule has 2 saturated heterocycles. The van der Waals surface area contributed by atoms with Gasteiger partial charge in [0.05, 0.1) is 34.3 Å². The van der Waals surface area contributed by atoms with Crippen molar-refractivity contribution in [2.45, 2.75) is 30.7 Å². The minimum absolute atomic E-state index is 0.188. The maximum absolute atomic E-state index is 12.9. The van der Waals surface area contributed by atoms with Gasteiger partial charge in [0.1, 0.15) is 6.33 Å². The van der Waals surface area contributed by atoms with Gasteiger partial charge >= 0.3 is 0 Å². The number of hydrogen-bond donors (Lipinski definition) is 2. The van der Waals surface area contributed by atoms with Crippen LogP contribution in [-0.4, -0.2) is 39.3 Å². The summed E-state index contributed by atoms with van der Waals surface area (Å²) in [5.74, 6) is -0.918. The van der Waals surface area contributed by atoms with Gasteiger partial charge < -0.3 is 15.2 Å². The number of halogens is 2. The molecule has 2 fully saturated rings. The SMILES string of the molecule is O=C(Nc1ccc(Cl)c(Cl)c1)[C@H]1[C@@H](c2cncnc2)[C@H]2O[C@@H]1C[C@@H]2O. The molecule has 0 radical (unpaired) electrons. The molecule has 2 aliphatic heterocycles. The van der Waals surface area contributed by atoms with Crippen molar-refractivity contribution in [1.29, 1.82) is 0 Å². The highest BCUT2D eigenvalue weighted by Crippen LogP contribution is 2.49. The Bertz CT molecular complexity index is 805. The number of ether oxygens (including phenoxy) is 1. The molecule has 2 N–H and O–H groups in total. The van der Waals surface area contributed by atoms with Gasteiger partial charge in [-0.1, -0.05) is 23.2 Å². The number of rotatable bonds is 3. The first kappa shape index (κ1) is 16.7. The average molecular weight is 380 g/mol. The van der Waals surface area contributed by atoms with Crippen LogP contribution in [0.1, 0.15) is 17.9 Å². The number of nitrogens with one attached hydrogen (secondary N) is 1. The van der Waals surface area contributed by atoms with Crippen LogP contribution < -0.4 is 5.32 Å². The molecule has 8 heteroatoms. The second kappa shape index (κ2) is 6.53. The summed E-state index contributed by atoms with van der Waals surface area (Å²) in [6.45, 7) is 0.